The molecule has 2 N–H and O–H groups in total. The number of nitrogens with zero attached hydrogens (tertiary/aromatic N) is 4. The van der Waals surface area contributed by atoms with Crippen LogP contribution in [-0.2, 0) is 16.1 Å². The van der Waals surface area contributed by atoms with Crippen LogP contribution in [0.15, 0.2) is 0 Å². The molecule has 0 spiro atoms. The lowest BCUT2D eigenvalue weighted by atomic mass is 10.2. The van der Waals surface area contributed by atoms with Gasteiger partial charge in [0.2, 0.25) is 0 Å². The van der Waals surface area contributed by atoms with Crippen molar-refractivity contribution in [1.29, 1.82) is 0 Å². The first kappa shape index (κ1) is 12.7. The van der Waals surface area contributed by atoms with Gasteiger partial charge < -0.3 is 15.5 Å². The van der Waals surface area contributed by atoms with Crippen LogP contribution in [0.4, 0.5) is 5.00 Å². The molecule has 0 saturated carbocycles. The summed E-state index contributed by atoms with van der Waals surface area (Å²) in [7, 11) is 0. The van der Waals surface area contributed by atoms with Crippen molar-refractivity contribution in [2.24, 2.45) is 0 Å². The van der Waals surface area contributed by atoms with Gasteiger partial charge in [-0.2, -0.15) is 0 Å². The Morgan fingerprint density at radius 2 is 1.94 bits per heavy atom. The molecule has 2 amide bonds. The number of anilines is 1. The summed E-state index contributed by atoms with van der Waals surface area (Å²) in [5.41, 5.74) is 6.23. The molecule has 1 aromatic heterocycles. The van der Waals surface area contributed by atoms with Gasteiger partial charge in [0, 0.05) is 31.2 Å². The normalized spacial score (nSPS) is 16.5. The standard InChI is InChI=1S/C10H15N5O2S/c1-2-3-14-4-5-15(10(17)9(14)16)6-7-8(11)18-13-12-7/h2-6,11H2,1H3. The molecule has 2 rings (SSSR count). The minimum absolute atomic E-state index is 0.257. The van der Waals surface area contributed by atoms with Gasteiger partial charge >= 0.3 is 11.8 Å². The number of piperazine rings is 1. The van der Waals surface area contributed by atoms with Crippen molar-refractivity contribution in [3.8, 4) is 0 Å². The monoisotopic (exact) mass is 269 g/mol. The maximum atomic E-state index is 11.9. The van der Waals surface area contributed by atoms with Crippen LogP contribution in [0.1, 0.15) is 19.0 Å². The highest BCUT2D eigenvalue weighted by atomic mass is 32.1. The first-order valence-electron chi connectivity index (χ1n) is 5.78. The second-order valence-electron chi connectivity index (χ2n) is 4.10. The molecule has 7 nitrogen and oxygen atoms in total. The Bertz CT molecular complexity index is 461. The van der Waals surface area contributed by atoms with Gasteiger partial charge in [0.05, 0.1) is 6.54 Å². The largest absolute Gasteiger partial charge is 0.388 e. The molecule has 18 heavy (non-hydrogen) atoms. The summed E-state index contributed by atoms with van der Waals surface area (Å²) in [6.07, 6.45) is 0.849. The number of carbonyl (C=O) groups is 2. The Morgan fingerprint density at radius 1 is 1.28 bits per heavy atom. The summed E-state index contributed by atoms with van der Waals surface area (Å²) >= 11 is 1.09. The van der Waals surface area contributed by atoms with Crippen molar-refractivity contribution in [1.82, 2.24) is 19.4 Å². The predicted molar refractivity (Wildman–Crippen MR) is 66.6 cm³/mol. The summed E-state index contributed by atoms with van der Waals surface area (Å²) in [6.45, 7) is 3.94. The van der Waals surface area contributed by atoms with E-state index in [1.165, 1.54) is 4.90 Å². The topological polar surface area (TPSA) is 92.4 Å². The van der Waals surface area contributed by atoms with Gasteiger partial charge in [0.1, 0.15) is 10.7 Å². The maximum Gasteiger partial charge on any atom is 0.312 e. The first-order chi connectivity index (χ1) is 8.63. The third-order valence-corrected chi connectivity index (χ3v) is 3.41. The molecule has 0 aliphatic carbocycles. The molecule has 1 fully saturated rings. The minimum atomic E-state index is -0.484. The van der Waals surface area contributed by atoms with Crippen LogP contribution in [0.3, 0.4) is 0 Å². The number of nitrogens with two attached hydrogens (primary N) is 1. The van der Waals surface area contributed by atoms with Crippen molar-refractivity contribution in [2.75, 3.05) is 25.4 Å². The number of carbonyl (C=O) groups excluding carboxylic acids is 2. The summed E-state index contributed by atoms with van der Waals surface area (Å²) < 4.78 is 3.71. The fourth-order valence-electron chi connectivity index (χ4n) is 1.86. The summed E-state index contributed by atoms with van der Waals surface area (Å²) in [4.78, 5) is 26.8. The first-order valence-corrected chi connectivity index (χ1v) is 6.55. The molecule has 1 aromatic rings. The quantitative estimate of drug-likeness (QED) is 0.758. The second-order valence-corrected chi connectivity index (χ2v) is 4.89. The molecule has 0 bridgehead atoms. The molecular formula is C10H15N5O2S. The Hall–Kier alpha value is -1.70. The fourth-order valence-corrected chi connectivity index (χ4v) is 2.29. The Kier molecular flexibility index (Phi) is 3.75. The molecule has 1 aliphatic rings. The predicted octanol–water partition coefficient (Wildman–Crippen LogP) is -0.299. The van der Waals surface area contributed by atoms with Crippen LogP contribution in [0.5, 0.6) is 0 Å². The maximum absolute atomic E-state index is 11.9. The average Bonchev–Trinajstić information content (AvgIpc) is 2.75. The zero-order valence-electron chi connectivity index (χ0n) is 10.1. The van der Waals surface area contributed by atoms with E-state index >= 15 is 0 Å². The number of amides is 2. The molecule has 0 aromatic carbocycles. The Morgan fingerprint density at radius 3 is 2.56 bits per heavy atom. The smallest absolute Gasteiger partial charge is 0.312 e. The van der Waals surface area contributed by atoms with E-state index in [1.807, 2.05) is 6.92 Å². The van der Waals surface area contributed by atoms with Gasteiger partial charge in [0.25, 0.3) is 0 Å². The van der Waals surface area contributed by atoms with E-state index in [0.29, 0.717) is 30.3 Å². The van der Waals surface area contributed by atoms with Crippen LogP contribution >= 0.6 is 11.5 Å². The van der Waals surface area contributed by atoms with Crippen LogP contribution in [0, 0.1) is 0 Å². The van der Waals surface area contributed by atoms with Gasteiger partial charge in [-0.15, -0.1) is 5.10 Å². The highest BCUT2D eigenvalue weighted by molar-refractivity contribution is 7.09. The molecular weight excluding hydrogens is 254 g/mol. The lowest BCUT2D eigenvalue weighted by Crippen LogP contribution is -2.54. The fraction of sp³-hybridized carbons (Fsp3) is 0.600. The molecule has 1 aliphatic heterocycles. The van der Waals surface area contributed by atoms with E-state index in [9.17, 15) is 9.59 Å². The number of hydrogen-bond donors (Lipinski definition) is 1. The van der Waals surface area contributed by atoms with E-state index in [0.717, 1.165) is 18.0 Å². The SMILES string of the molecule is CCCN1CCN(Cc2nnsc2N)C(=O)C1=O. The van der Waals surface area contributed by atoms with Crippen molar-refractivity contribution < 1.29 is 9.59 Å². The Labute approximate surface area is 109 Å². The number of hydrogen-bond acceptors (Lipinski definition) is 6. The third-order valence-electron chi connectivity index (χ3n) is 2.82. The zero-order valence-corrected chi connectivity index (χ0v) is 10.9. The summed E-state index contributed by atoms with van der Waals surface area (Å²) in [5, 5.41) is 4.34. The highest BCUT2D eigenvalue weighted by Gasteiger charge is 2.32. The molecule has 1 saturated heterocycles. The van der Waals surface area contributed by atoms with Gasteiger partial charge in [-0.3, -0.25) is 9.59 Å². The molecule has 98 valence electrons. The molecule has 0 unspecified atom stereocenters. The van der Waals surface area contributed by atoms with Gasteiger partial charge in [-0.05, 0) is 6.42 Å². The zero-order chi connectivity index (χ0) is 13.1. The van der Waals surface area contributed by atoms with Crippen LogP contribution in [-0.4, -0.2) is 50.8 Å². The van der Waals surface area contributed by atoms with Crippen molar-refractivity contribution in [2.45, 2.75) is 19.9 Å². The van der Waals surface area contributed by atoms with E-state index in [2.05, 4.69) is 9.59 Å². The number of nitrogen functional groups attached to an aromatic ring is 1. The highest BCUT2D eigenvalue weighted by Crippen LogP contribution is 2.16. The minimum Gasteiger partial charge on any atom is -0.388 e. The van der Waals surface area contributed by atoms with Gasteiger partial charge in [-0.1, -0.05) is 11.4 Å². The lowest BCUT2D eigenvalue weighted by molar-refractivity contribution is -0.156. The second kappa shape index (κ2) is 5.30. The van der Waals surface area contributed by atoms with Crippen LogP contribution in [0.25, 0.3) is 0 Å². The van der Waals surface area contributed by atoms with Crippen LogP contribution in [0.2, 0.25) is 0 Å². The van der Waals surface area contributed by atoms with Gasteiger partial charge in [-0.25, -0.2) is 0 Å². The summed E-state index contributed by atoms with van der Waals surface area (Å²) in [6, 6.07) is 0. The van der Waals surface area contributed by atoms with Crippen molar-refractivity contribution in [3.63, 3.8) is 0 Å². The van der Waals surface area contributed by atoms with E-state index in [1.54, 1.807) is 4.90 Å². The number of aromatic nitrogens is 2. The third kappa shape index (κ3) is 2.42. The van der Waals surface area contributed by atoms with Gasteiger partial charge in [0.15, 0.2) is 0 Å². The van der Waals surface area contributed by atoms with Crippen LogP contribution < -0.4 is 5.73 Å². The molecule has 0 atom stereocenters. The summed E-state index contributed by atoms with van der Waals surface area (Å²) in [5.74, 6) is -0.924. The molecule has 2 heterocycles. The molecule has 8 heteroatoms. The van der Waals surface area contributed by atoms with Crippen molar-refractivity contribution in [3.05, 3.63) is 5.69 Å². The Balaban J connectivity index is 2.02. The average molecular weight is 269 g/mol. The van der Waals surface area contributed by atoms with E-state index < -0.39 is 11.8 Å². The van der Waals surface area contributed by atoms with Crippen molar-refractivity contribution >= 4 is 28.3 Å². The lowest BCUT2D eigenvalue weighted by Gasteiger charge is -2.33. The van der Waals surface area contributed by atoms with E-state index in [4.69, 9.17) is 5.73 Å². The number of rotatable bonds is 4. The molecule has 0 radical (unpaired) electrons. The van der Waals surface area contributed by atoms with E-state index in [-0.39, 0.29) is 6.54 Å².